The molecule has 0 fully saturated rings. The lowest BCUT2D eigenvalue weighted by atomic mass is 10.0. The van der Waals surface area contributed by atoms with Gasteiger partial charge in [-0.15, -0.1) is 6.58 Å². The maximum atomic E-state index is 13.5. The first-order chi connectivity index (χ1) is 7.07. The van der Waals surface area contributed by atoms with E-state index < -0.39 is 11.9 Å². The second-order valence-corrected chi connectivity index (χ2v) is 4.01. The SMILES string of the molecule is C=CCC[C@@H](N)c1c(F)ccc(Cl)c1Cl. The molecule has 0 heterocycles. The second-order valence-electron chi connectivity index (χ2n) is 3.23. The van der Waals surface area contributed by atoms with Gasteiger partial charge >= 0.3 is 0 Å². The quantitative estimate of drug-likeness (QED) is 0.630. The molecule has 0 aliphatic carbocycles. The summed E-state index contributed by atoms with van der Waals surface area (Å²) < 4.78 is 13.5. The van der Waals surface area contributed by atoms with Crippen LogP contribution in [0.25, 0.3) is 0 Å². The maximum absolute atomic E-state index is 13.5. The molecule has 0 radical (unpaired) electrons. The number of nitrogens with two attached hydrogens (primary N) is 1. The summed E-state index contributed by atoms with van der Waals surface area (Å²) in [7, 11) is 0. The Kier molecular flexibility index (Phi) is 4.58. The van der Waals surface area contributed by atoms with E-state index in [4.69, 9.17) is 28.9 Å². The molecule has 1 nitrogen and oxygen atoms in total. The van der Waals surface area contributed by atoms with E-state index >= 15 is 0 Å². The van der Waals surface area contributed by atoms with Crippen LogP contribution in [0.3, 0.4) is 0 Å². The first kappa shape index (κ1) is 12.5. The lowest BCUT2D eigenvalue weighted by molar-refractivity contribution is 0.567. The van der Waals surface area contributed by atoms with Gasteiger partial charge in [-0.25, -0.2) is 4.39 Å². The van der Waals surface area contributed by atoms with Crippen molar-refractivity contribution in [2.75, 3.05) is 0 Å². The van der Waals surface area contributed by atoms with E-state index in [0.29, 0.717) is 17.9 Å². The fourth-order valence-corrected chi connectivity index (χ4v) is 1.78. The van der Waals surface area contributed by atoms with Gasteiger partial charge in [0, 0.05) is 11.6 Å². The topological polar surface area (TPSA) is 26.0 Å². The van der Waals surface area contributed by atoms with Crippen LogP contribution in [0.15, 0.2) is 24.8 Å². The van der Waals surface area contributed by atoms with Gasteiger partial charge in [0.05, 0.1) is 10.0 Å². The van der Waals surface area contributed by atoms with Gasteiger partial charge in [-0.2, -0.15) is 0 Å². The molecule has 1 rings (SSSR count). The molecule has 0 aromatic heterocycles. The minimum absolute atomic E-state index is 0.202. The number of allylic oxidation sites excluding steroid dienone is 1. The molecular formula is C11H12Cl2FN. The standard InChI is InChI=1S/C11H12Cl2FN/c1-2-3-4-9(15)10-8(14)6-5-7(12)11(10)13/h2,5-6,9H,1,3-4,15H2/t9-/m1/s1. The zero-order chi connectivity index (χ0) is 11.4. The van der Waals surface area contributed by atoms with Gasteiger partial charge in [0.1, 0.15) is 5.82 Å². The molecular weight excluding hydrogens is 236 g/mol. The monoisotopic (exact) mass is 247 g/mol. The first-order valence-corrected chi connectivity index (χ1v) is 5.33. The van der Waals surface area contributed by atoms with Crippen LogP contribution in [0.1, 0.15) is 24.4 Å². The Morgan fingerprint density at radius 2 is 2.13 bits per heavy atom. The minimum atomic E-state index is -0.450. The summed E-state index contributed by atoms with van der Waals surface area (Å²) in [5.41, 5.74) is 6.10. The number of hydrogen-bond donors (Lipinski definition) is 1. The zero-order valence-electron chi connectivity index (χ0n) is 8.14. The predicted molar refractivity (Wildman–Crippen MR) is 62.8 cm³/mol. The third-order valence-corrected chi connectivity index (χ3v) is 2.95. The number of benzene rings is 1. The van der Waals surface area contributed by atoms with Gasteiger partial charge in [0.15, 0.2) is 0 Å². The number of hydrogen-bond acceptors (Lipinski definition) is 1. The molecule has 2 N–H and O–H groups in total. The van der Waals surface area contributed by atoms with E-state index in [0.717, 1.165) is 0 Å². The largest absolute Gasteiger partial charge is 0.324 e. The highest BCUT2D eigenvalue weighted by atomic mass is 35.5. The fraction of sp³-hybridized carbons (Fsp3) is 0.273. The maximum Gasteiger partial charge on any atom is 0.129 e. The van der Waals surface area contributed by atoms with Crippen LogP contribution >= 0.6 is 23.2 Å². The molecule has 0 bridgehead atoms. The molecule has 0 unspecified atom stereocenters. The highest BCUT2D eigenvalue weighted by Gasteiger charge is 2.16. The van der Waals surface area contributed by atoms with Crippen molar-refractivity contribution in [1.82, 2.24) is 0 Å². The van der Waals surface area contributed by atoms with E-state index in [-0.39, 0.29) is 10.6 Å². The van der Waals surface area contributed by atoms with Crippen LogP contribution in [-0.2, 0) is 0 Å². The predicted octanol–water partition coefficient (Wildman–Crippen LogP) is 4.10. The second kappa shape index (κ2) is 5.50. The lowest BCUT2D eigenvalue weighted by Gasteiger charge is -2.14. The van der Waals surface area contributed by atoms with Crippen molar-refractivity contribution in [3.63, 3.8) is 0 Å². The smallest absolute Gasteiger partial charge is 0.129 e. The molecule has 0 spiro atoms. The van der Waals surface area contributed by atoms with Crippen LogP contribution in [0, 0.1) is 5.82 Å². The van der Waals surface area contributed by atoms with Crippen molar-refractivity contribution in [3.05, 3.63) is 46.2 Å². The summed E-state index contributed by atoms with van der Waals surface area (Å²) in [5.74, 6) is -0.416. The molecule has 4 heteroatoms. The van der Waals surface area contributed by atoms with Crippen LogP contribution in [0.5, 0.6) is 0 Å². The molecule has 1 aromatic rings. The first-order valence-electron chi connectivity index (χ1n) is 4.57. The van der Waals surface area contributed by atoms with E-state index in [1.54, 1.807) is 6.08 Å². The average molecular weight is 248 g/mol. The fourth-order valence-electron chi connectivity index (χ4n) is 1.32. The van der Waals surface area contributed by atoms with Crippen molar-refractivity contribution in [2.24, 2.45) is 5.73 Å². The van der Waals surface area contributed by atoms with E-state index in [2.05, 4.69) is 6.58 Å². The Hall–Kier alpha value is -0.570. The Bertz CT molecular complexity index is 366. The normalized spacial score (nSPS) is 12.5. The third kappa shape index (κ3) is 2.94. The Morgan fingerprint density at radius 3 is 2.73 bits per heavy atom. The molecule has 0 aliphatic heterocycles. The molecule has 0 saturated carbocycles. The number of rotatable bonds is 4. The van der Waals surface area contributed by atoms with Crippen LogP contribution in [-0.4, -0.2) is 0 Å². The summed E-state index contributed by atoms with van der Waals surface area (Å²) in [5, 5.41) is 0.523. The Morgan fingerprint density at radius 1 is 1.47 bits per heavy atom. The highest BCUT2D eigenvalue weighted by Crippen LogP contribution is 2.32. The lowest BCUT2D eigenvalue weighted by Crippen LogP contribution is -2.12. The summed E-state index contributed by atoms with van der Waals surface area (Å²) in [6.07, 6.45) is 3.04. The molecule has 15 heavy (non-hydrogen) atoms. The Labute approximate surface area is 98.7 Å². The van der Waals surface area contributed by atoms with Crippen molar-refractivity contribution >= 4 is 23.2 Å². The van der Waals surface area contributed by atoms with E-state index in [1.165, 1.54) is 12.1 Å². The number of halogens is 3. The van der Waals surface area contributed by atoms with Gasteiger partial charge in [-0.3, -0.25) is 0 Å². The molecule has 0 amide bonds. The van der Waals surface area contributed by atoms with E-state index in [1.807, 2.05) is 0 Å². The average Bonchev–Trinajstić information content (AvgIpc) is 2.21. The van der Waals surface area contributed by atoms with Gasteiger partial charge in [-0.05, 0) is 25.0 Å². The van der Waals surface area contributed by atoms with Crippen molar-refractivity contribution < 1.29 is 4.39 Å². The van der Waals surface area contributed by atoms with Gasteiger partial charge in [0.25, 0.3) is 0 Å². The molecule has 0 aliphatic rings. The molecule has 1 aromatic carbocycles. The summed E-state index contributed by atoms with van der Waals surface area (Å²) in [4.78, 5) is 0. The van der Waals surface area contributed by atoms with Crippen LogP contribution in [0.2, 0.25) is 10.0 Å². The van der Waals surface area contributed by atoms with Gasteiger partial charge in [0.2, 0.25) is 0 Å². The molecule has 1 atom stereocenters. The minimum Gasteiger partial charge on any atom is -0.324 e. The van der Waals surface area contributed by atoms with Crippen LogP contribution < -0.4 is 5.73 Å². The van der Waals surface area contributed by atoms with Crippen molar-refractivity contribution in [2.45, 2.75) is 18.9 Å². The highest BCUT2D eigenvalue weighted by molar-refractivity contribution is 6.42. The van der Waals surface area contributed by atoms with Crippen molar-refractivity contribution in [3.8, 4) is 0 Å². The molecule has 82 valence electrons. The van der Waals surface area contributed by atoms with Crippen molar-refractivity contribution in [1.29, 1.82) is 0 Å². The van der Waals surface area contributed by atoms with E-state index in [9.17, 15) is 4.39 Å². The van der Waals surface area contributed by atoms with Gasteiger partial charge < -0.3 is 5.73 Å². The third-order valence-electron chi connectivity index (χ3n) is 2.13. The van der Waals surface area contributed by atoms with Gasteiger partial charge in [-0.1, -0.05) is 29.3 Å². The zero-order valence-corrected chi connectivity index (χ0v) is 9.65. The molecule has 0 saturated heterocycles. The summed E-state index contributed by atoms with van der Waals surface area (Å²) in [6.45, 7) is 3.58. The summed E-state index contributed by atoms with van der Waals surface area (Å²) in [6, 6.07) is 2.24. The summed E-state index contributed by atoms with van der Waals surface area (Å²) >= 11 is 11.7. The Balaban J connectivity index is 3.01. The van der Waals surface area contributed by atoms with Crippen LogP contribution in [0.4, 0.5) is 4.39 Å².